The molecular formula is C15H25N3O2. The number of benzene rings is 1. The Kier molecular flexibility index (Phi) is 6.64. The molecule has 5 heteroatoms. The summed E-state index contributed by atoms with van der Waals surface area (Å²) in [5.74, 6) is -0.400. The maximum absolute atomic E-state index is 11.0. The molecule has 0 fully saturated rings. The number of amides is 1. The summed E-state index contributed by atoms with van der Waals surface area (Å²) in [5, 5.41) is 10.2. The van der Waals surface area contributed by atoms with E-state index in [1.807, 2.05) is 49.1 Å². The second kappa shape index (κ2) is 7.99. The Balaban J connectivity index is 2.55. The van der Waals surface area contributed by atoms with Crippen LogP contribution >= 0.6 is 0 Å². The SMILES string of the molecule is CC(C)N(CC(N)=O)CC(O)C(N)Cc1ccccc1. The fourth-order valence-corrected chi connectivity index (χ4v) is 2.06. The maximum Gasteiger partial charge on any atom is 0.231 e. The fourth-order valence-electron chi connectivity index (χ4n) is 2.06. The normalized spacial score (nSPS) is 14.5. The highest BCUT2D eigenvalue weighted by Crippen LogP contribution is 2.07. The summed E-state index contributed by atoms with van der Waals surface area (Å²) in [6.45, 7) is 4.39. The smallest absolute Gasteiger partial charge is 0.231 e. The van der Waals surface area contributed by atoms with E-state index in [0.29, 0.717) is 13.0 Å². The number of hydrogen-bond donors (Lipinski definition) is 3. The van der Waals surface area contributed by atoms with E-state index in [0.717, 1.165) is 5.56 Å². The van der Waals surface area contributed by atoms with Gasteiger partial charge in [0.1, 0.15) is 0 Å². The van der Waals surface area contributed by atoms with E-state index in [-0.39, 0.29) is 18.6 Å². The monoisotopic (exact) mass is 279 g/mol. The van der Waals surface area contributed by atoms with Gasteiger partial charge in [-0.15, -0.1) is 0 Å². The van der Waals surface area contributed by atoms with Gasteiger partial charge in [-0.05, 0) is 25.8 Å². The first-order valence-corrected chi connectivity index (χ1v) is 6.90. The van der Waals surface area contributed by atoms with Gasteiger partial charge in [0.15, 0.2) is 0 Å². The van der Waals surface area contributed by atoms with Crippen molar-refractivity contribution in [3.8, 4) is 0 Å². The third-order valence-corrected chi connectivity index (χ3v) is 3.32. The summed E-state index contributed by atoms with van der Waals surface area (Å²) in [6.07, 6.45) is -0.0956. The molecule has 2 atom stereocenters. The van der Waals surface area contributed by atoms with Crippen LogP contribution in [0.25, 0.3) is 0 Å². The van der Waals surface area contributed by atoms with Crippen LogP contribution in [0.4, 0.5) is 0 Å². The van der Waals surface area contributed by atoms with Gasteiger partial charge in [-0.1, -0.05) is 30.3 Å². The van der Waals surface area contributed by atoms with E-state index in [1.54, 1.807) is 0 Å². The zero-order chi connectivity index (χ0) is 15.1. The molecule has 0 aliphatic heterocycles. The third-order valence-electron chi connectivity index (χ3n) is 3.32. The second-order valence-corrected chi connectivity index (χ2v) is 5.41. The van der Waals surface area contributed by atoms with Gasteiger partial charge in [0.05, 0.1) is 12.6 Å². The van der Waals surface area contributed by atoms with Crippen LogP contribution in [-0.4, -0.2) is 47.2 Å². The summed E-state index contributed by atoms with van der Waals surface area (Å²) in [7, 11) is 0. The number of nitrogens with zero attached hydrogens (tertiary/aromatic N) is 1. The molecule has 0 heterocycles. The van der Waals surface area contributed by atoms with Crippen molar-refractivity contribution >= 4 is 5.91 Å². The first-order chi connectivity index (χ1) is 9.40. The highest BCUT2D eigenvalue weighted by Gasteiger charge is 2.21. The highest BCUT2D eigenvalue weighted by atomic mass is 16.3. The number of primary amides is 1. The molecule has 1 rings (SSSR count). The van der Waals surface area contributed by atoms with Gasteiger partial charge in [-0.3, -0.25) is 9.69 Å². The number of carbonyl (C=O) groups excluding carboxylic acids is 1. The van der Waals surface area contributed by atoms with Gasteiger partial charge >= 0.3 is 0 Å². The average molecular weight is 279 g/mol. The van der Waals surface area contributed by atoms with E-state index in [1.165, 1.54) is 0 Å². The Morgan fingerprint density at radius 3 is 2.40 bits per heavy atom. The van der Waals surface area contributed by atoms with Crippen molar-refractivity contribution in [2.75, 3.05) is 13.1 Å². The lowest BCUT2D eigenvalue weighted by atomic mass is 10.0. The molecule has 0 spiro atoms. The molecule has 5 nitrogen and oxygen atoms in total. The van der Waals surface area contributed by atoms with Crippen LogP contribution < -0.4 is 11.5 Å². The third kappa shape index (κ3) is 5.69. The minimum atomic E-state index is -0.697. The summed E-state index contributed by atoms with van der Waals surface area (Å²) in [5.41, 5.74) is 12.3. The molecule has 0 saturated carbocycles. The van der Waals surface area contributed by atoms with Crippen molar-refractivity contribution in [3.63, 3.8) is 0 Å². The summed E-state index contributed by atoms with van der Waals surface area (Å²) < 4.78 is 0. The molecule has 0 aromatic heterocycles. The van der Waals surface area contributed by atoms with E-state index in [4.69, 9.17) is 11.5 Å². The van der Waals surface area contributed by atoms with Crippen LogP contribution in [0.3, 0.4) is 0 Å². The second-order valence-electron chi connectivity index (χ2n) is 5.41. The first kappa shape index (κ1) is 16.6. The molecule has 1 aromatic rings. The number of aliphatic hydroxyl groups excluding tert-OH is 1. The van der Waals surface area contributed by atoms with Gasteiger partial charge in [-0.25, -0.2) is 0 Å². The number of rotatable bonds is 8. The lowest BCUT2D eigenvalue weighted by Crippen LogP contribution is -2.48. The number of nitrogens with two attached hydrogens (primary N) is 2. The van der Waals surface area contributed by atoms with Crippen LogP contribution in [-0.2, 0) is 11.2 Å². The quantitative estimate of drug-likeness (QED) is 0.630. The van der Waals surface area contributed by atoms with Gasteiger partial charge < -0.3 is 16.6 Å². The van der Waals surface area contributed by atoms with Gasteiger partial charge in [0.2, 0.25) is 5.91 Å². The van der Waals surface area contributed by atoms with Gasteiger partial charge in [0.25, 0.3) is 0 Å². The molecule has 20 heavy (non-hydrogen) atoms. The summed E-state index contributed by atoms with van der Waals surface area (Å²) in [6, 6.07) is 9.56. The number of aliphatic hydroxyl groups is 1. The lowest BCUT2D eigenvalue weighted by molar-refractivity contribution is -0.120. The van der Waals surface area contributed by atoms with Crippen LogP contribution in [0.1, 0.15) is 19.4 Å². The van der Waals surface area contributed by atoms with Crippen LogP contribution in [0.5, 0.6) is 0 Å². The van der Waals surface area contributed by atoms with Crippen molar-refractivity contribution in [1.29, 1.82) is 0 Å². The molecule has 2 unspecified atom stereocenters. The average Bonchev–Trinajstić information content (AvgIpc) is 2.38. The molecule has 1 aromatic carbocycles. The van der Waals surface area contributed by atoms with E-state index in [9.17, 15) is 9.90 Å². The molecule has 112 valence electrons. The summed E-state index contributed by atoms with van der Waals surface area (Å²) in [4.78, 5) is 12.9. The summed E-state index contributed by atoms with van der Waals surface area (Å²) >= 11 is 0. The van der Waals surface area contributed by atoms with E-state index in [2.05, 4.69) is 0 Å². The fraction of sp³-hybridized carbons (Fsp3) is 0.533. The Morgan fingerprint density at radius 1 is 1.30 bits per heavy atom. The van der Waals surface area contributed by atoms with Crippen molar-refractivity contribution in [2.24, 2.45) is 11.5 Å². The zero-order valence-corrected chi connectivity index (χ0v) is 12.2. The number of hydrogen-bond acceptors (Lipinski definition) is 4. The zero-order valence-electron chi connectivity index (χ0n) is 12.2. The predicted octanol–water partition coefficient (Wildman–Crippen LogP) is 0.113. The van der Waals surface area contributed by atoms with Crippen LogP contribution in [0.15, 0.2) is 30.3 Å². The predicted molar refractivity (Wildman–Crippen MR) is 80.0 cm³/mol. The standard InChI is InChI=1S/C15H25N3O2/c1-11(2)18(10-15(17)20)9-14(19)13(16)8-12-6-4-3-5-7-12/h3-7,11,13-14,19H,8-10,16H2,1-2H3,(H2,17,20). The highest BCUT2D eigenvalue weighted by molar-refractivity contribution is 5.75. The lowest BCUT2D eigenvalue weighted by Gasteiger charge is -2.29. The maximum atomic E-state index is 11.0. The van der Waals surface area contributed by atoms with Crippen molar-refractivity contribution < 1.29 is 9.90 Å². The largest absolute Gasteiger partial charge is 0.390 e. The first-order valence-electron chi connectivity index (χ1n) is 6.90. The minimum Gasteiger partial charge on any atom is -0.390 e. The van der Waals surface area contributed by atoms with Gasteiger partial charge in [-0.2, -0.15) is 0 Å². The van der Waals surface area contributed by atoms with Crippen LogP contribution in [0.2, 0.25) is 0 Å². The molecule has 1 amide bonds. The molecule has 0 aliphatic rings. The van der Waals surface area contributed by atoms with Gasteiger partial charge in [0, 0.05) is 18.6 Å². The van der Waals surface area contributed by atoms with Crippen molar-refractivity contribution in [2.45, 2.75) is 38.5 Å². The van der Waals surface area contributed by atoms with E-state index >= 15 is 0 Å². The molecular weight excluding hydrogens is 254 g/mol. The van der Waals surface area contributed by atoms with Crippen molar-refractivity contribution in [3.05, 3.63) is 35.9 Å². The van der Waals surface area contributed by atoms with Crippen molar-refractivity contribution in [1.82, 2.24) is 4.90 Å². The van der Waals surface area contributed by atoms with Crippen LogP contribution in [0, 0.1) is 0 Å². The molecule has 0 bridgehead atoms. The molecule has 0 saturated heterocycles. The molecule has 0 aliphatic carbocycles. The molecule has 5 N–H and O–H groups in total. The topological polar surface area (TPSA) is 92.6 Å². The molecule has 0 radical (unpaired) electrons. The Labute approximate surface area is 120 Å². The number of carbonyl (C=O) groups is 1. The Morgan fingerprint density at radius 2 is 1.90 bits per heavy atom. The van der Waals surface area contributed by atoms with E-state index < -0.39 is 12.0 Å². The minimum absolute atomic E-state index is 0.126. The Hall–Kier alpha value is -1.43. The Bertz CT molecular complexity index is 409.